The van der Waals surface area contributed by atoms with Crippen LogP contribution in [0, 0.1) is 0 Å². The van der Waals surface area contributed by atoms with Crippen LogP contribution in [0.2, 0.25) is 0 Å². The molecular formula is C22H29FN2O2. The van der Waals surface area contributed by atoms with Gasteiger partial charge in [-0.05, 0) is 43.4 Å². The normalized spacial score (nSPS) is 25.5. The lowest BCUT2D eigenvalue weighted by Crippen LogP contribution is -2.40. The molecule has 0 aromatic carbocycles. The summed E-state index contributed by atoms with van der Waals surface area (Å²) in [6, 6.07) is 0.111. The van der Waals surface area contributed by atoms with Crippen molar-refractivity contribution in [2.45, 2.75) is 44.6 Å². The zero-order valence-electron chi connectivity index (χ0n) is 16.1. The van der Waals surface area contributed by atoms with E-state index in [0.717, 1.165) is 43.6 Å². The Kier molecular flexibility index (Phi) is 8.75. The first-order valence-electron chi connectivity index (χ1n) is 9.54. The Balaban J connectivity index is 2.11. The van der Waals surface area contributed by atoms with Crippen molar-refractivity contribution >= 4 is 11.8 Å². The van der Waals surface area contributed by atoms with E-state index in [1.54, 1.807) is 6.08 Å². The Hall–Kier alpha value is -2.43. The SMILES string of the molecule is C=CC1=C/C/N=C(/CCCCC(=O)OC)N(C2C=CC(F)=CC2)CC/C=C\1. The number of amidine groups is 1. The number of hydrogen-bond donors (Lipinski definition) is 0. The van der Waals surface area contributed by atoms with Gasteiger partial charge in [0.15, 0.2) is 0 Å². The number of aliphatic imine (C=N–C) groups is 1. The molecule has 0 N–H and O–H groups in total. The summed E-state index contributed by atoms with van der Waals surface area (Å²) in [7, 11) is 1.41. The zero-order valence-corrected chi connectivity index (χ0v) is 16.1. The summed E-state index contributed by atoms with van der Waals surface area (Å²) in [4.78, 5) is 18.4. The maximum absolute atomic E-state index is 13.4. The number of ether oxygens (including phenoxy) is 1. The largest absolute Gasteiger partial charge is 0.469 e. The molecule has 0 aromatic rings. The molecule has 2 rings (SSSR count). The topological polar surface area (TPSA) is 41.9 Å². The van der Waals surface area contributed by atoms with Gasteiger partial charge in [-0.15, -0.1) is 0 Å². The number of carbonyl (C=O) groups excluding carboxylic acids is 1. The van der Waals surface area contributed by atoms with Crippen LogP contribution in [-0.2, 0) is 9.53 Å². The van der Waals surface area contributed by atoms with Crippen molar-refractivity contribution in [2.75, 3.05) is 20.2 Å². The molecule has 0 saturated heterocycles. The number of methoxy groups -OCH3 is 1. The second-order valence-corrected chi connectivity index (χ2v) is 6.58. The van der Waals surface area contributed by atoms with Gasteiger partial charge in [-0.3, -0.25) is 9.79 Å². The minimum atomic E-state index is -0.181. The fourth-order valence-corrected chi connectivity index (χ4v) is 3.18. The first kappa shape index (κ1) is 20.9. The summed E-state index contributed by atoms with van der Waals surface area (Å²) in [5.74, 6) is 0.654. The van der Waals surface area contributed by atoms with Gasteiger partial charge in [0, 0.05) is 19.4 Å². The fourth-order valence-electron chi connectivity index (χ4n) is 3.18. The van der Waals surface area contributed by atoms with Gasteiger partial charge < -0.3 is 9.64 Å². The summed E-state index contributed by atoms with van der Waals surface area (Å²) in [5.41, 5.74) is 1.07. The number of unbranched alkanes of at least 4 members (excludes halogenated alkanes) is 1. The molecule has 2 aliphatic rings. The lowest BCUT2D eigenvalue weighted by Gasteiger charge is -2.33. The third-order valence-electron chi connectivity index (χ3n) is 4.71. The monoisotopic (exact) mass is 372 g/mol. The molecule has 1 unspecified atom stereocenters. The first-order chi connectivity index (χ1) is 13.1. The van der Waals surface area contributed by atoms with Crippen LogP contribution in [0.25, 0.3) is 0 Å². The van der Waals surface area contributed by atoms with Crippen LogP contribution in [0.15, 0.2) is 65.5 Å². The number of allylic oxidation sites excluding steroid dienone is 5. The van der Waals surface area contributed by atoms with Crippen LogP contribution in [0.5, 0.6) is 0 Å². The standard InChI is InChI=1S/C22H29FN2O2/c1-3-18-8-6-7-17-25(20-13-11-19(23)12-14-20)21(24-16-15-18)9-4-5-10-22(26)27-2/h3,6,8,11-13,15,20H,1,4-5,7,9-10,14,16-17H2,2H3/b8-6-,18-15-,24-21-. The highest BCUT2D eigenvalue weighted by atomic mass is 19.1. The predicted molar refractivity (Wildman–Crippen MR) is 108 cm³/mol. The molecule has 1 atom stereocenters. The predicted octanol–water partition coefficient (Wildman–Crippen LogP) is 4.67. The summed E-state index contributed by atoms with van der Waals surface area (Å²) >= 11 is 0. The number of halogens is 1. The third-order valence-corrected chi connectivity index (χ3v) is 4.71. The molecule has 0 spiro atoms. The highest BCUT2D eigenvalue weighted by Crippen LogP contribution is 2.20. The lowest BCUT2D eigenvalue weighted by atomic mass is 10.0. The molecule has 0 bridgehead atoms. The van der Waals surface area contributed by atoms with Gasteiger partial charge in [-0.2, -0.15) is 0 Å². The summed E-state index contributed by atoms with van der Waals surface area (Å²) in [6.45, 7) is 5.24. The molecular weight excluding hydrogens is 343 g/mol. The van der Waals surface area contributed by atoms with E-state index < -0.39 is 0 Å². The maximum atomic E-state index is 13.4. The van der Waals surface area contributed by atoms with Crippen molar-refractivity contribution < 1.29 is 13.9 Å². The number of nitrogens with zero attached hydrogens (tertiary/aromatic N) is 2. The fraction of sp³-hybridized carbons (Fsp3) is 0.455. The van der Waals surface area contributed by atoms with E-state index in [1.165, 1.54) is 13.2 Å². The second kappa shape index (κ2) is 11.3. The van der Waals surface area contributed by atoms with Crippen LogP contribution in [-0.4, -0.2) is 42.9 Å². The van der Waals surface area contributed by atoms with E-state index in [2.05, 4.69) is 29.7 Å². The smallest absolute Gasteiger partial charge is 0.305 e. The van der Waals surface area contributed by atoms with Crippen molar-refractivity contribution in [2.24, 2.45) is 4.99 Å². The van der Waals surface area contributed by atoms with E-state index in [4.69, 9.17) is 9.73 Å². The molecule has 0 fully saturated rings. The average Bonchev–Trinajstić information content (AvgIpc) is 2.69. The quantitative estimate of drug-likeness (QED) is 0.481. The first-order valence-corrected chi connectivity index (χ1v) is 9.54. The average molecular weight is 372 g/mol. The zero-order chi connectivity index (χ0) is 19.5. The molecule has 1 heterocycles. The summed E-state index contributed by atoms with van der Waals surface area (Å²) < 4.78 is 18.1. The lowest BCUT2D eigenvalue weighted by molar-refractivity contribution is -0.140. The van der Waals surface area contributed by atoms with Crippen molar-refractivity contribution in [1.82, 2.24) is 4.90 Å². The van der Waals surface area contributed by atoms with Crippen molar-refractivity contribution in [3.8, 4) is 0 Å². The van der Waals surface area contributed by atoms with Crippen LogP contribution >= 0.6 is 0 Å². The molecule has 0 aromatic heterocycles. The highest BCUT2D eigenvalue weighted by molar-refractivity contribution is 5.83. The van der Waals surface area contributed by atoms with Gasteiger partial charge in [0.2, 0.25) is 0 Å². The van der Waals surface area contributed by atoms with E-state index in [0.29, 0.717) is 19.4 Å². The van der Waals surface area contributed by atoms with E-state index in [1.807, 2.05) is 12.2 Å². The Labute approximate surface area is 161 Å². The molecule has 4 nitrogen and oxygen atoms in total. The molecule has 146 valence electrons. The van der Waals surface area contributed by atoms with Gasteiger partial charge in [-0.1, -0.05) is 37.0 Å². The molecule has 1 aliphatic heterocycles. The summed E-state index contributed by atoms with van der Waals surface area (Å²) in [5, 5.41) is 0. The highest BCUT2D eigenvalue weighted by Gasteiger charge is 2.21. The van der Waals surface area contributed by atoms with E-state index in [-0.39, 0.29) is 17.8 Å². The number of rotatable bonds is 7. The van der Waals surface area contributed by atoms with Crippen LogP contribution in [0.4, 0.5) is 4.39 Å². The van der Waals surface area contributed by atoms with Gasteiger partial charge in [0.05, 0.1) is 25.5 Å². The van der Waals surface area contributed by atoms with E-state index >= 15 is 0 Å². The van der Waals surface area contributed by atoms with Crippen LogP contribution < -0.4 is 0 Å². The van der Waals surface area contributed by atoms with Crippen molar-refractivity contribution in [3.05, 3.63) is 60.5 Å². The third kappa shape index (κ3) is 7.00. The molecule has 0 radical (unpaired) electrons. The molecule has 0 amide bonds. The number of esters is 1. The minimum absolute atomic E-state index is 0.111. The Morgan fingerprint density at radius 2 is 2.26 bits per heavy atom. The van der Waals surface area contributed by atoms with Gasteiger partial charge in [0.1, 0.15) is 5.83 Å². The Morgan fingerprint density at radius 1 is 1.41 bits per heavy atom. The van der Waals surface area contributed by atoms with Crippen molar-refractivity contribution in [1.29, 1.82) is 0 Å². The maximum Gasteiger partial charge on any atom is 0.305 e. The molecule has 0 saturated carbocycles. The van der Waals surface area contributed by atoms with Gasteiger partial charge >= 0.3 is 5.97 Å². The van der Waals surface area contributed by atoms with Gasteiger partial charge in [0.25, 0.3) is 0 Å². The van der Waals surface area contributed by atoms with Crippen LogP contribution in [0.3, 0.4) is 0 Å². The molecule has 1 aliphatic carbocycles. The summed E-state index contributed by atoms with van der Waals surface area (Å²) in [6.07, 6.45) is 17.5. The second-order valence-electron chi connectivity index (χ2n) is 6.58. The molecule has 5 heteroatoms. The van der Waals surface area contributed by atoms with E-state index in [9.17, 15) is 9.18 Å². The minimum Gasteiger partial charge on any atom is -0.469 e. The van der Waals surface area contributed by atoms with Crippen molar-refractivity contribution in [3.63, 3.8) is 0 Å². The van der Waals surface area contributed by atoms with Crippen LogP contribution in [0.1, 0.15) is 38.5 Å². The number of hydrogen-bond acceptors (Lipinski definition) is 4. The Bertz CT molecular complexity index is 674. The van der Waals surface area contributed by atoms with Gasteiger partial charge in [-0.25, -0.2) is 4.39 Å². The number of carbonyl (C=O) groups is 1. The Morgan fingerprint density at radius 3 is 2.96 bits per heavy atom. The molecule has 27 heavy (non-hydrogen) atoms.